The zero-order chi connectivity index (χ0) is 13.8. The van der Waals surface area contributed by atoms with Crippen molar-refractivity contribution in [1.29, 1.82) is 0 Å². The number of aromatic nitrogens is 2. The molecule has 0 aliphatic rings. The zero-order valence-corrected chi connectivity index (χ0v) is 11.0. The van der Waals surface area contributed by atoms with Crippen LogP contribution in [0.3, 0.4) is 0 Å². The van der Waals surface area contributed by atoms with Crippen molar-refractivity contribution in [2.75, 3.05) is 6.61 Å². The number of benzene rings is 1. The van der Waals surface area contributed by atoms with E-state index in [9.17, 15) is 4.79 Å². The zero-order valence-electron chi connectivity index (χ0n) is 10.2. The Morgan fingerprint density at radius 1 is 1.42 bits per heavy atom. The van der Waals surface area contributed by atoms with Gasteiger partial charge in [-0.2, -0.15) is 4.98 Å². The minimum atomic E-state index is -0.463. The molecular weight excluding hydrogens is 268 g/mol. The van der Waals surface area contributed by atoms with E-state index < -0.39 is 5.97 Å². The topological polar surface area (TPSA) is 65.2 Å². The van der Waals surface area contributed by atoms with Crippen molar-refractivity contribution < 1.29 is 14.1 Å². The van der Waals surface area contributed by atoms with E-state index in [1.807, 2.05) is 0 Å². The molecule has 6 heteroatoms. The lowest BCUT2D eigenvalue weighted by Gasteiger charge is -2.03. The second kappa shape index (κ2) is 5.67. The third-order valence-electron chi connectivity index (χ3n) is 2.26. The number of carbonyl (C=O) groups excluding carboxylic acids is 1. The first-order valence-electron chi connectivity index (χ1n) is 5.47. The lowest BCUT2D eigenvalue weighted by molar-refractivity contribution is 0.0546. The van der Waals surface area contributed by atoms with Gasteiger partial charge in [0.05, 0.1) is 5.56 Å². The van der Waals surface area contributed by atoms with Gasteiger partial charge in [0.15, 0.2) is 5.82 Å². The molecule has 0 N–H and O–H groups in total. The van der Waals surface area contributed by atoms with Gasteiger partial charge in [0.1, 0.15) is 6.61 Å². The summed E-state index contributed by atoms with van der Waals surface area (Å²) in [6.45, 7) is 5.16. The monoisotopic (exact) mass is 278 g/mol. The molecule has 0 spiro atoms. The number of ether oxygens (including phenoxy) is 1. The van der Waals surface area contributed by atoms with Crippen molar-refractivity contribution in [1.82, 2.24) is 10.1 Å². The maximum Gasteiger partial charge on any atom is 0.338 e. The summed E-state index contributed by atoms with van der Waals surface area (Å²) in [7, 11) is 0. The summed E-state index contributed by atoms with van der Waals surface area (Å²) in [6.07, 6.45) is 0. The van der Waals surface area contributed by atoms with Crippen LogP contribution in [-0.2, 0) is 4.74 Å². The molecule has 0 aliphatic carbocycles. The van der Waals surface area contributed by atoms with E-state index in [0.717, 1.165) is 5.56 Å². The van der Waals surface area contributed by atoms with Gasteiger partial charge in [0.2, 0.25) is 0 Å². The first-order chi connectivity index (χ1) is 9.06. The van der Waals surface area contributed by atoms with Crippen LogP contribution in [0.5, 0.6) is 0 Å². The minimum absolute atomic E-state index is 0.00893. The molecule has 0 saturated carbocycles. The molecule has 0 amide bonds. The van der Waals surface area contributed by atoms with Crippen LogP contribution in [0.2, 0.25) is 0 Å². The maximum atomic E-state index is 11.6. The highest BCUT2D eigenvalue weighted by Crippen LogP contribution is 2.18. The molecule has 1 heterocycles. The largest absolute Gasteiger partial charge is 0.456 e. The van der Waals surface area contributed by atoms with Crippen LogP contribution in [0.1, 0.15) is 16.2 Å². The van der Waals surface area contributed by atoms with Crippen LogP contribution in [0.4, 0.5) is 0 Å². The summed E-state index contributed by atoms with van der Waals surface area (Å²) < 4.78 is 9.94. The van der Waals surface area contributed by atoms with Crippen molar-refractivity contribution in [3.8, 4) is 11.5 Å². The average molecular weight is 279 g/mol. The molecule has 98 valence electrons. The molecule has 0 saturated heterocycles. The molecule has 1 aromatic heterocycles. The SMILES string of the molecule is C=C(Cl)COC(=O)c1ccc(-c2nc(C)no2)cc1. The smallest absolute Gasteiger partial charge is 0.338 e. The van der Waals surface area contributed by atoms with Gasteiger partial charge in [-0.25, -0.2) is 4.79 Å². The van der Waals surface area contributed by atoms with Gasteiger partial charge in [0.25, 0.3) is 5.89 Å². The third kappa shape index (κ3) is 3.42. The summed E-state index contributed by atoms with van der Waals surface area (Å²) in [6, 6.07) is 6.65. The predicted molar refractivity (Wildman–Crippen MR) is 69.7 cm³/mol. The Morgan fingerprint density at radius 3 is 2.63 bits per heavy atom. The van der Waals surface area contributed by atoms with Gasteiger partial charge >= 0.3 is 5.97 Å². The molecule has 0 atom stereocenters. The highest BCUT2D eigenvalue weighted by atomic mass is 35.5. The fourth-order valence-electron chi connectivity index (χ4n) is 1.39. The van der Waals surface area contributed by atoms with Gasteiger partial charge in [-0.1, -0.05) is 23.3 Å². The molecule has 19 heavy (non-hydrogen) atoms. The maximum absolute atomic E-state index is 11.6. The first-order valence-corrected chi connectivity index (χ1v) is 5.85. The lowest BCUT2D eigenvalue weighted by atomic mass is 10.1. The molecular formula is C13H11ClN2O3. The van der Waals surface area contributed by atoms with Gasteiger partial charge < -0.3 is 9.26 Å². The van der Waals surface area contributed by atoms with E-state index in [0.29, 0.717) is 17.3 Å². The Balaban J connectivity index is 2.10. The molecule has 2 aromatic rings. The molecule has 1 aromatic carbocycles. The van der Waals surface area contributed by atoms with E-state index in [2.05, 4.69) is 16.7 Å². The van der Waals surface area contributed by atoms with Gasteiger partial charge in [0, 0.05) is 10.6 Å². The molecule has 0 radical (unpaired) electrons. The number of rotatable bonds is 4. The average Bonchev–Trinajstić information content (AvgIpc) is 2.83. The van der Waals surface area contributed by atoms with Crippen LogP contribution in [0.15, 0.2) is 40.4 Å². The van der Waals surface area contributed by atoms with Crippen molar-refractivity contribution in [3.63, 3.8) is 0 Å². The fraction of sp³-hybridized carbons (Fsp3) is 0.154. The molecule has 0 bridgehead atoms. The van der Waals surface area contributed by atoms with Crippen LogP contribution in [0, 0.1) is 6.92 Å². The Morgan fingerprint density at radius 2 is 2.11 bits per heavy atom. The minimum Gasteiger partial charge on any atom is -0.456 e. The number of nitrogens with zero attached hydrogens (tertiary/aromatic N) is 2. The molecule has 0 unspecified atom stereocenters. The summed E-state index contributed by atoms with van der Waals surface area (Å²) in [5, 5.41) is 3.97. The van der Waals surface area contributed by atoms with E-state index in [1.54, 1.807) is 31.2 Å². The standard InChI is InChI=1S/C13H11ClN2O3/c1-8(14)7-18-13(17)11-5-3-10(4-6-11)12-15-9(2)16-19-12/h3-6H,1,7H2,2H3. The summed E-state index contributed by atoms with van der Waals surface area (Å²) in [5.41, 5.74) is 1.15. The predicted octanol–water partition coefficient (Wildman–Crippen LogP) is 2.95. The lowest BCUT2D eigenvalue weighted by Crippen LogP contribution is -2.06. The van der Waals surface area contributed by atoms with Crippen molar-refractivity contribution >= 4 is 17.6 Å². The quantitative estimate of drug-likeness (QED) is 0.805. The van der Waals surface area contributed by atoms with E-state index in [4.69, 9.17) is 20.9 Å². The molecule has 2 rings (SSSR count). The Hall–Kier alpha value is -2.14. The Bertz CT molecular complexity index is 605. The van der Waals surface area contributed by atoms with E-state index in [-0.39, 0.29) is 11.6 Å². The number of halogens is 1. The second-order valence-electron chi connectivity index (χ2n) is 3.82. The van der Waals surface area contributed by atoms with E-state index >= 15 is 0 Å². The highest BCUT2D eigenvalue weighted by molar-refractivity contribution is 6.29. The number of hydrogen-bond acceptors (Lipinski definition) is 5. The van der Waals surface area contributed by atoms with Gasteiger partial charge in [-0.05, 0) is 31.2 Å². The summed E-state index contributed by atoms with van der Waals surface area (Å²) >= 11 is 5.52. The van der Waals surface area contributed by atoms with Crippen molar-refractivity contribution in [3.05, 3.63) is 47.3 Å². The van der Waals surface area contributed by atoms with Gasteiger partial charge in [-0.15, -0.1) is 0 Å². The molecule has 0 fully saturated rings. The number of hydrogen-bond donors (Lipinski definition) is 0. The van der Waals surface area contributed by atoms with Crippen molar-refractivity contribution in [2.24, 2.45) is 0 Å². The molecule has 0 aliphatic heterocycles. The summed E-state index contributed by atoms with van der Waals surface area (Å²) in [4.78, 5) is 15.7. The van der Waals surface area contributed by atoms with Crippen LogP contribution >= 0.6 is 11.6 Å². The van der Waals surface area contributed by atoms with Crippen LogP contribution in [0.25, 0.3) is 11.5 Å². The molecule has 5 nitrogen and oxygen atoms in total. The normalized spacial score (nSPS) is 10.2. The summed E-state index contributed by atoms with van der Waals surface area (Å²) in [5.74, 6) is 0.501. The van der Waals surface area contributed by atoms with E-state index in [1.165, 1.54) is 0 Å². The van der Waals surface area contributed by atoms with Gasteiger partial charge in [-0.3, -0.25) is 0 Å². The third-order valence-corrected chi connectivity index (χ3v) is 2.36. The Kier molecular flexibility index (Phi) is 3.97. The fourth-order valence-corrected chi connectivity index (χ4v) is 1.44. The highest BCUT2D eigenvalue weighted by Gasteiger charge is 2.10. The first kappa shape index (κ1) is 13.3. The Labute approximate surface area is 114 Å². The second-order valence-corrected chi connectivity index (χ2v) is 4.35. The number of aryl methyl sites for hydroxylation is 1. The number of carbonyl (C=O) groups is 1. The van der Waals surface area contributed by atoms with Crippen molar-refractivity contribution in [2.45, 2.75) is 6.92 Å². The van der Waals surface area contributed by atoms with Crippen LogP contribution < -0.4 is 0 Å². The van der Waals surface area contributed by atoms with Crippen LogP contribution in [-0.4, -0.2) is 22.7 Å². The number of esters is 1.